The van der Waals surface area contributed by atoms with Gasteiger partial charge < -0.3 is 10.2 Å². The van der Waals surface area contributed by atoms with E-state index in [0.717, 1.165) is 49.4 Å². The number of carbonyl (C=O) groups is 2. The van der Waals surface area contributed by atoms with Gasteiger partial charge in [0.2, 0.25) is 11.8 Å². The average Bonchev–Trinajstić information content (AvgIpc) is 3.02. The molecular formula is C18H27N3O2S. The van der Waals surface area contributed by atoms with Gasteiger partial charge in [0.25, 0.3) is 0 Å². The SMILES string of the molecule is CCCCCNC(=O)C1CCN(C(=O)/C=C\c2csc(C)n2)CC1. The second-order valence-electron chi connectivity index (χ2n) is 6.22. The molecule has 1 aliphatic heterocycles. The number of aromatic nitrogens is 1. The van der Waals surface area contributed by atoms with Crippen LogP contribution in [0.25, 0.3) is 6.08 Å². The van der Waals surface area contributed by atoms with E-state index in [0.29, 0.717) is 13.1 Å². The van der Waals surface area contributed by atoms with E-state index in [9.17, 15) is 9.59 Å². The molecule has 0 unspecified atom stereocenters. The van der Waals surface area contributed by atoms with E-state index in [1.807, 2.05) is 17.2 Å². The number of piperidine rings is 1. The quantitative estimate of drug-likeness (QED) is 0.608. The summed E-state index contributed by atoms with van der Waals surface area (Å²) in [5.74, 6) is 0.190. The number of unbranched alkanes of at least 4 members (excludes halogenated alkanes) is 2. The van der Waals surface area contributed by atoms with Crippen LogP contribution in [0.15, 0.2) is 11.5 Å². The molecule has 2 heterocycles. The fourth-order valence-corrected chi connectivity index (χ4v) is 3.39. The Labute approximate surface area is 148 Å². The molecule has 6 heteroatoms. The predicted octanol–water partition coefficient (Wildman–Crippen LogP) is 3.01. The number of amides is 2. The normalized spacial score (nSPS) is 15.8. The molecule has 0 radical (unpaired) electrons. The van der Waals surface area contributed by atoms with Gasteiger partial charge in [-0.05, 0) is 32.3 Å². The van der Waals surface area contributed by atoms with E-state index in [-0.39, 0.29) is 17.7 Å². The first kappa shape index (κ1) is 18.6. The van der Waals surface area contributed by atoms with Crippen LogP contribution in [0.1, 0.15) is 49.7 Å². The molecule has 2 rings (SSSR count). The Morgan fingerprint density at radius 2 is 2.12 bits per heavy atom. The third kappa shape index (κ3) is 5.74. The Morgan fingerprint density at radius 1 is 1.38 bits per heavy atom. The molecule has 1 aliphatic rings. The molecule has 1 aromatic rings. The van der Waals surface area contributed by atoms with Crippen molar-refractivity contribution < 1.29 is 9.59 Å². The lowest BCUT2D eigenvalue weighted by molar-refractivity contribution is -0.132. The van der Waals surface area contributed by atoms with Crippen molar-refractivity contribution >= 4 is 29.2 Å². The molecule has 1 fully saturated rings. The largest absolute Gasteiger partial charge is 0.356 e. The summed E-state index contributed by atoms with van der Waals surface area (Å²) in [4.78, 5) is 30.5. The van der Waals surface area contributed by atoms with Crippen LogP contribution in [0.4, 0.5) is 0 Å². The second-order valence-corrected chi connectivity index (χ2v) is 7.28. The smallest absolute Gasteiger partial charge is 0.246 e. The van der Waals surface area contributed by atoms with Crippen LogP contribution in [-0.4, -0.2) is 41.3 Å². The summed E-state index contributed by atoms with van der Waals surface area (Å²) in [6.45, 7) is 6.15. The van der Waals surface area contributed by atoms with E-state index in [4.69, 9.17) is 0 Å². The molecule has 132 valence electrons. The molecule has 1 N–H and O–H groups in total. The van der Waals surface area contributed by atoms with Gasteiger partial charge in [0.1, 0.15) is 0 Å². The van der Waals surface area contributed by atoms with Crippen molar-refractivity contribution in [3.05, 3.63) is 22.2 Å². The maximum absolute atomic E-state index is 12.2. The van der Waals surface area contributed by atoms with Crippen LogP contribution in [-0.2, 0) is 9.59 Å². The minimum Gasteiger partial charge on any atom is -0.356 e. The monoisotopic (exact) mass is 349 g/mol. The number of nitrogens with one attached hydrogen (secondary N) is 1. The van der Waals surface area contributed by atoms with E-state index in [2.05, 4.69) is 17.2 Å². The highest BCUT2D eigenvalue weighted by Crippen LogP contribution is 2.18. The van der Waals surface area contributed by atoms with Crippen LogP contribution in [0.2, 0.25) is 0 Å². The van der Waals surface area contributed by atoms with Gasteiger partial charge >= 0.3 is 0 Å². The highest BCUT2D eigenvalue weighted by atomic mass is 32.1. The summed E-state index contributed by atoms with van der Waals surface area (Å²) < 4.78 is 0. The van der Waals surface area contributed by atoms with Gasteiger partial charge in [-0.15, -0.1) is 11.3 Å². The van der Waals surface area contributed by atoms with Gasteiger partial charge in [-0.3, -0.25) is 9.59 Å². The maximum Gasteiger partial charge on any atom is 0.246 e. The van der Waals surface area contributed by atoms with Crippen molar-refractivity contribution in [2.24, 2.45) is 5.92 Å². The number of aryl methyl sites for hydroxylation is 1. The Morgan fingerprint density at radius 3 is 2.75 bits per heavy atom. The molecule has 0 aromatic carbocycles. The standard InChI is InChI=1S/C18H27N3O2S/c1-3-4-5-10-19-18(23)15-8-11-21(12-9-15)17(22)7-6-16-13-24-14(2)20-16/h6-7,13,15H,3-5,8-12H2,1-2H3,(H,19,23)/b7-6-. The lowest BCUT2D eigenvalue weighted by Gasteiger charge is -2.30. The molecule has 1 saturated heterocycles. The molecule has 5 nitrogen and oxygen atoms in total. The fourth-order valence-electron chi connectivity index (χ4n) is 2.81. The lowest BCUT2D eigenvalue weighted by atomic mass is 9.95. The third-order valence-electron chi connectivity index (χ3n) is 4.29. The second kappa shape index (κ2) is 9.57. The predicted molar refractivity (Wildman–Crippen MR) is 97.7 cm³/mol. The Balaban J connectivity index is 1.72. The van der Waals surface area contributed by atoms with Crippen molar-refractivity contribution in [3.63, 3.8) is 0 Å². The van der Waals surface area contributed by atoms with Crippen LogP contribution in [0, 0.1) is 12.8 Å². The number of likely N-dealkylation sites (tertiary alicyclic amines) is 1. The zero-order valence-electron chi connectivity index (χ0n) is 14.6. The summed E-state index contributed by atoms with van der Waals surface area (Å²) in [7, 11) is 0. The fraction of sp³-hybridized carbons (Fsp3) is 0.611. The van der Waals surface area contributed by atoms with Gasteiger partial charge in [0.15, 0.2) is 0 Å². The van der Waals surface area contributed by atoms with Gasteiger partial charge in [-0.1, -0.05) is 19.8 Å². The molecule has 0 aliphatic carbocycles. The molecule has 2 amide bonds. The summed E-state index contributed by atoms with van der Waals surface area (Å²) in [6.07, 6.45) is 8.19. The topological polar surface area (TPSA) is 62.3 Å². The van der Waals surface area contributed by atoms with Gasteiger partial charge in [-0.25, -0.2) is 4.98 Å². The van der Waals surface area contributed by atoms with Crippen molar-refractivity contribution in [1.29, 1.82) is 0 Å². The Kier molecular flexibility index (Phi) is 7.43. The number of hydrogen-bond acceptors (Lipinski definition) is 4. The summed E-state index contributed by atoms with van der Waals surface area (Å²) >= 11 is 1.57. The zero-order chi connectivity index (χ0) is 17.4. The van der Waals surface area contributed by atoms with Crippen molar-refractivity contribution in [1.82, 2.24) is 15.2 Å². The molecule has 0 bridgehead atoms. The van der Waals surface area contributed by atoms with Gasteiger partial charge in [0.05, 0.1) is 10.7 Å². The molecule has 0 atom stereocenters. The summed E-state index contributed by atoms with van der Waals surface area (Å²) in [5, 5.41) is 5.95. The first-order chi connectivity index (χ1) is 11.6. The minimum atomic E-state index is 0.00228. The summed E-state index contributed by atoms with van der Waals surface area (Å²) in [5.41, 5.74) is 0.826. The van der Waals surface area contributed by atoms with Gasteiger partial charge in [0, 0.05) is 37.0 Å². The number of nitrogens with zero attached hydrogens (tertiary/aromatic N) is 2. The third-order valence-corrected chi connectivity index (χ3v) is 5.08. The van der Waals surface area contributed by atoms with E-state index >= 15 is 0 Å². The highest BCUT2D eigenvalue weighted by molar-refractivity contribution is 7.09. The highest BCUT2D eigenvalue weighted by Gasteiger charge is 2.26. The van der Waals surface area contributed by atoms with Crippen molar-refractivity contribution in [2.45, 2.75) is 46.0 Å². The van der Waals surface area contributed by atoms with Crippen molar-refractivity contribution in [3.8, 4) is 0 Å². The zero-order valence-corrected chi connectivity index (χ0v) is 15.4. The van der Waals surface area contributed by atoms with Gasteiger partial charge in [-0.2, -0.15) is 0 Å². The van der Waals surface area contributed by atoms with Crippen molar-refractivity contribution in [2.75, 3.05) is 19.6 Å². The average molecular weight is 350 g/mol. The Hall–Kier alpha value is -1.69. The number of thiazole rings is 1. The molecule has 1 aromatic heterocycles. The van der Waals surface area contributed by atoms with E-state index in [1.54, 1.807) is 23.5 Å². The molecule has 24 heavy (non-hydrogen) atoms. The first-order valence-corrected chi connectivity index (χ1v) is 9.65. The number of hydrogen-bond donors (Lipinski definition) is 1. The number of rotatable bonds is 7. The van der Waals surface area contributed by atoms with Crippen LogP contribution < -0.4 is 5.32 Å². The molecule has 0 saturated carbocycles. The van der Waals surface area contributed by atoms with E-state index < -0.39 is 0 Å². The van der Waals surface area contributed by atoms with Crippen LogP contribution >= 0.6 is 11.3 Å². The minimum absolute atomic E-state index is 0.00228. The number of carbonyl (C=O) groups excluding carboxylic acids is 2. The van der Waals surface area contributed by atoms with Crippen LogP contribution in [0.3, 0.4) is 0 Å². The maximum atomic E-state index is 12.2. The lowest BCUT2D eigenvalue weighted by Crippen LogP contribution is -2.42. The molecule has 0 spiro atoms. The first-order valence-electron chi connectivity index (χ1n) is 8.77. The summed E-state index contributed by atoms with van der Waals surface area (Å²) in [6, 6.07) is 0. The van der Waals surface area contributed by atoms with Crippen LogP contribution in [0.5, 0.6) is 0 Å². The van der Waals surface area contributed by atoms with E-state index in [1.165, 1.54) is 0 Å². The Bertz CT molecular complexity index is 575. The molecular weight excluding hydrogens is 322 g/mol.